The van der Waals surface area contributed by atoms with Gasteiger partial charge < -0.3 is 9.73 Å². The number of hydrogen-bond donors (Lipinski definition) is 1. The van der Waals surface area contributed by atoms with Crippen LogP contribution in [0, 0.1) is 6.92 Å². The number of rotatable bonds is 4. The molecule has 0 saturated heterocycles. The molecule has 0 aliphatic rings. The minimum absolute atomic E-state index is 0.201. The second-order valence-corrected chi connectivity index (χ2v) is 6.99. The Bertz CT molecular complexity index is 937. The molecule has 0 saturated carbocycles. The average molecular weight is 344 g/mol. The summed E-state index contributed by atoms with van der Waals surface area (Å²) in [6, 6.07) is 3.63. The summed E-state index contributed by atoms with van der Waals surface area (Å²) in [6.07, 6.45) is 5.45. The fourth-order valence-electron chi connectivity index (χ4n) is 2.23. The van der Waals surface area contributed by atoms with Crippen LogP contribution < -0.4 is 5.32 Å². The molecule has 6 nitrogen and oxygen atoms in total. The van der Waals surface area contributed by atoms with Gasteiger partial charge in [-0.2, -0.15) is 0 Å². The van der Waals surface area contributed by atoms with Crippen LogP contribution in [0.3, 0.4) is 0 Å². The Morgan fingerprint density at radius 1 is 1.43 bits per heavy atom. The number of furan rings is 1. The summed E-state index contributed by atoms with van der Waals surface area (Å²) in [4.78, 5) is 22.9. The molecule has 0 aromatic carbocycles. The van der Waals surface area contributed by atoms with Crippen LogP contribution in [0.15, 0.2) is 40.6 Å². The molecule has 0 fully saturated rings. The number of nitrogens with one attached hydrogen (secondary N) is 1. The van der Waals surface area contributed by atoms with Gasteiger partial charge in [0, 0.05) is 22.7 Å². The van der Waals surface area contributed by atoms with E-state index >= 15 is 0 Å². The van der Waals surface area contributed by atoms with E-state index in [9.17, 15) is 4.79 Å². The second-order valence-electron chi connectivity index (χ2n) is 4.91. The first-order chi connectivity index (χ1) is 11.2. The van der Waals surface area contributed by atoms with E-state index in [2.05, 4.69) is 15.3 Å². The summed E-state index contributed by atoms with van der Waals surface area (Å²) >= 11 is 3.00. The molecular weight excluding hydrogens is 332 g/mol. The molecule has 0 spiro atoms. The number of carbonyl (C=O) groups excluding carboxylic acids is 1. The molecule has 4 aromatic heterocycles. The molecule has 1 N–H and O–H groups in total. The van der Waals surface area contributed by atoms with Crippen molar-refractivity contribution < 1.29 is 9.21 Å². The van der Waals surface area contributed by atoms with Crippen molar-refractivity contribution in [3.63, 3.8) is 0 Å². The Labute approximate surface area is 139 Å². The number of aromatic nitrogens is 3. The topological polar surface area (TPSA) is 72.4 Å². The fraction of sp³-hybridized carbons (Fsp3) is 0.133. The molecular formula is C15H12N4O2S2. The monoisotopic (exact) mass is 344 g/mol. The number of imidazole rings is 1. The first-order valence-corrected chi connectivity index (χ1v) is 8.61. The van der Waals surface area contributed by atoms with Crippen LogP contribution in [0.4, 0.5) is 0 Å². The largest absolute Gasteiger partial charge is 0.462 e. The van der Waals surface area contributed by atoms with Crippen molar-refractivity contribution in [2.45, 2.75) is 13.5 Å². The first kappa shape index (κ1) is 14.2. The number of hydrogen-bond acceptors (Lipinski definition) is 6. The van der Waals surface area contributed by atoms with Gasteiger partial charge in [-0.3, -0.25) is 9.20 Å². The number of thiazole rings is 2. The SMILES string of the molecule is Cc1sc(-c2ccco2)nc1C(=O)NCc1cn2ccsc2n1. The van der Waals surface area contributed by atoms with Crippen LogP contribution >= 0.6 is 22.7 Å². The molecule has 0 bridgehead atoms. The lowest BCUT2D eigenvalue weighted by Gasteiger charge is -2.01. The van der Waals surface area contributed by atoms with Crippen LogP contribution in [0.2, 0.25) is 0 Å². The van der Waals surface area contributed by atoms with Gasteiger partial charge in [0.15, 0.2) is 15.7 Å². The molecule has 0 atom stereocenters. The van der Waals surface area contributed by atoms with Crippen molar-refractivity contribution in [3.05, 3.63) is 52.4 Å². The number of aryl methyl sites for hydroxylation is 1. The molecule has 4 aromatic rings. The van der Waals surface area contributed by atoms with E-state index in [-0.39, 0.29) is 5.91 Å². The molecule has 0 radical (unpaired) electrons. The van der Waals surface area contributed by atoms with Gasteiger partial charge >= 0.3 is 0 Å². The molecule has 23 heavy (non-hydrogen) atoms. The summed E-state index contributed by atoms with van der Waals surface area (Å²) in [5, 5.41) is 5.55. The Morgan fingerprint density at radius 3 is 3.13 bits per heavy atom. The molecule has 1 amide bonds. The van der Waals surface area contributed by atoms with E-state index in [4.69, 9.17) is 4.42 Å². The zero-order valence-corrected chi connectivity index (χ0v) is 13.8. The number of fused-ring (bicyclic) bond motifs is 1. The zero-order valence-electron chi connectivity index (χ0n) is 12.1. The maximum Gasteiger partial charge on any atom is 0.271 e. The van der Waals surface area contributed by atoms with Crippen molar-refractivity contribution in [2.24, 2.45) is 0 Å². The average Bonchev–Trinajstić information content (AvgIpc) is 3.27. The highest BCUT2D eigenvalue weighted by Crippen LogP contribution is 2.27. The highest BCUT2D eigenvalue weighted by Gasteiger charge is 2.17. The molecule has 0 aliphatic carbocycles. The van der Waals surface area contributed by atoms with Gasteiger partial charge in [0.2, 0.25) is 0 Å². The predicted molar refractivity (Wildman–Crippen MR) is 88.8 cm³/mol. The molecule has 4 rings (SSSR count). The normalized spacial score (nSPS) is 11.2. The Morgan fingerprint density at radius 2 is 2.35 bits per heavy atom. The van der Waals surface area contributed by atoms with E-state index in [1.165, 1.54) is 11.3 Å². The zero-order chi connectivity index (χ0) is 15.8. The molecule has 0 aliphatic heterocycles. The molecule has 8 heteroatoms. The predicted octanol–water partition coefficient (Wildman–Crippen LogP) is 3.35. The van der Waals surface area contributed by atoms with Crippen LogP contribution in [-0.2, 0) is 6.54 Å². The summed E-state index contributed by atoms with van der Waals surface area (Å²) in [7, 11) is 0. The highest BCUT2D eigenvalue weighted by atomic mass is 32.1. The smallest absolute Gasteiger partial charge is 0.271 e. The maximum absolute atomic E-state index is 12.3. The third-order valence-corrected chi connectivity index (χ3v) is 5.07. The van der Waals surface area contributed by atoms with Gasteiger partial charge in [-0.05, 0) is 19.1 Å². The van der Waals surface area contributed by atoms with Gasteiger partial charge in [0.05, 0.1) is 18.5 Å². The molecule has 0 unspecified atom stereocenters. The maximum atomic E-state index is 12.3. The lowest BCUT2D eigenvalue weighted by atomic mass is 10.3. The second kappa shape index (κ2) is 5.64. The first-order valence-electron chi connectivity index (χ1n) is 6.91. The van der Waals surface area contributed by atoms with Crippen molar-refractivity contribution in [3.8, 4) is 10.8 Å². The van der Waals surface area contributed by atoms with E-state index in [1.54, 1.807) is 23.7 Å². The van der Waals surface area contributed by atoms with Crippen LogP contribution in [0.25, 0.3) is 15.7 Å². The molecule has 4 heterocycles. The molecule has 116 valence electrons. The Kier molecular flexibility index (Phi) is 3.47. The third-order valence-electron chi connectivity index (χ3n) is 3.32. The van der Waals surface area contributed by atoms with Crippen molar-refractivity contribution in [2.75, 3.05) is 0 Å². The van der Waals surface area contributed by atoms with Crippen molar-refractivity contribution in [1.29, 1.82) is 0 Å². The fourth-order valence-corrected chi connectivity index (χ4v) is 3.83. The number of amides is 1. The summed E-state index contributed by atoms with van der Waals surface area (Å²) in [5.74, 6) is 0.472. The lowest BCUT2D eigenvalue weighted by Crippen LogP contribution is -2.24. The van der Waals surface area contributed by atoms with Crippen LogP contribution in [0.5, 0.6) is 0 Å². The van der Waals surface area contributed by atoms with Gasteiger partial charge in [0.25, 0.3) is 5.91 Å². The van der Waals surface area contributed by atoms with Crippen molar-refractivity contribution in [1.82, 2.24) is 19.7 Å². The van der Waals surface area contributed by atoms with Gasteiger partial charge in [-0.25, -0.2) is 9.97 Å². The standard InChI is InChI=1S/C15H12N4O2S2/c1-9-12(18-14(23-9)11-3-2-5-21-11)13(20)16-7-10-8-19-4-6-22-15(19)17-10/h2-6,8H,7H2,1H3,(H,16,20). The number of nitrogens with zero attached hydrogens (tertiary/aromatic N) is 3. The third kappa shape index (κ3) is 2.66. The Balaban J connectivity index is 1.49. The minimum Gasteiger partial charge on any atom is -0.462 e. The van der Waals surface area contributed by atoms with E-state index < -0.39 is 0 Å². The van der Waals surface area contributed by atoms with Crippen LogP contribution in [0.1, 0.15) is 21.1 Å². The summed E-state index contributed by atoms with van der Waals surface area (Å²) in [5.41, 5.74) is 1.26. The van der Waals surface area contributed by atoms with Crippen LogP contribution in [-0.4, -0.2) is 20.3 Å². The van der Waals surface area contributed by atoms with E-state index in [0.717, 1.165) is 15.5 Å². The summed E-state index contributed by atoms with van der Waals surface area (Å²) in [6.45, 7) is 2.26. The van der Waals surface area contributed by atoms with E-state index in [0.29, 0.717) is 23.0 Å². The van der Waals surface area contributed by atoms with Gasteiger partial charge in [-0.1, -0.05) is 0 Å². The van der Waals surface area contributed by atoms with Gasteiger partial charge in [0.1, 0.15) is 5.69 Å². The lowest BCUT2D eigenvalue weighted by molar-refractivity contribution is 0.0945. The van der Waals surface area contributed by atoms with E-state index in [1.807, 2.05) is 35.2 Å². The van der Waals surface area contributed by atoms with Crippen molar-refractivity contribution >= 4 is 33.5 Å². The minimum atomic E-state index is -0.201. The number of carbonyl (C=O) groups is 1. The van der Waals surface area contributed by atoms with Gasteiger partial charge in [-0.15, -0.1) is 22.7 Å². The quantitative estimate of drug-likeness (QED) is 0.616. The summed E-state index contributed by atoms with van der Waals surface area (Å²) < 4.78 is 7.27. The Hall–Kier alpha value is -2.45. The highest BCUT2D eigenvalue weighted by molar-refractivity contribution is 7.15.